The minimum absolute atomic E-state index is 0.133. The molecule has 0 radical (unpaired) electrons. The van der Waals surface area contributed by atoms with E-state index in [9.17, 15) is 8.78 Å². The number of thiocarbonyl (C=S) groups is 1. The molecule has 0 aliphatic rings. The van der Waals surface area contributed by atoms with Crippen LogP contribution in [0.1, 0.15) is 11.1 Å². The minimum Gasteiger partial charge on any atom is -0.332 e. The molecular formula is C15H14F2N2S. The predicted octanol–water partition coefficient (Wildman–Crippen LogP) is 4.39. The average Bonchev–Trinajstić information content (AvgIpc) is 2.36. The van der Waals surface area contributed by atoms with Crippen molar-refractivity contribution in [2.45, 2.75) is 13.8 Å². The van der Waals surface area contributed by atoms with Crippen molar-refractivity contribution in [3.63, 3.8) is 0 Å². The fourth-order valence-electron chi connectivity index (χ4n) is 1.82. The minimum atomic E-state index is -0.685. The van der Waals surface area contributed by atoms with Crippen LogP contribution in [0.3, 0.4) is 0 Å². The Bertz CT molecular complexity index is 601. The summed E-state index contributed by atoms with van der Waals surface area (Å²) in [6.07, 6.45) is 0. The van der Waals surface area contributed by atoms with Crippen LogP contribution in [-0.2, 0) is 0 Å². The fraction of sp³-hybridized carbons (Fsp3) is 0.133. The maximum absolute atomic E-state index is 13.5. The van der Waals surface area contributed by atoms with Crippen LogP contribution >= 0.6 is 12.2 Å². The van der Waals surface area contributed by atoms with E-state index in [1.54, 1.807) is 0 Å². The second-order valence-corrected chi connectivity index (χ2v) is 4.93. The van der Waals surface area contributed by atoms with Crippen LogP contribution in [0.25, 0.3) is 0 Å². The zero-order valence-corrected chi connectivity index (χ0v) is 11.9. The Kier molecular flexibility index (Phi) is 4.29. The highest BCUT2D eigenvalue weighted by atomic mass is 32.1. The van der Waals surface area contributed by atoms with E-state index in [0.29, 0.717) is 0 Å². The summed E-state index contributed by atoms with van der Waals surface area (Å²) in [7, 11) is 0. The molecule has 2 aromatic carbocycles. The second-order valence-electron chi connectivity index (χ2n) is 4.52. The lowest BCUT2D eigenvalue weighted by Gasteiger charge is -2.13. The molecule has 0 unspecified atom stereocenters. The number of rotatable bonds is 2. The first kappa shape index (κ1) is 14.4. The van der Waals surface area contributed by atoms with E-state index in [2.05, 4.69) is 10.6 Å². The summed E-state index contributed by atoms with van der Waals surface area (Å²) in [4.78, 5) is 0. The van der Waals surface area contributed by atoms with Gasteiger partial charge in [0.05, 0.1) is 5.69 Å². The standard InChI is InChI=1S/C15H14F2N2S/c1-9-3-5-13(10(2)7-9)18-15(20)19-14-6-4-11(16)8-12(14)17/h3-8H,1-2H3,(H2,18,19,20). The van der Waals surface area contributed by atoms with Crippen LogP contribution < -0.4 is 10.6 Å². The Balaban J connectivity index is 2.09. The van der Waals surface area contributed by atoms with E-state index in [0.717, 1.165) is 22.9 Å². The Hall–Kier alpha value is -2.01. The number of halogens is 2. The summed E-state index contributed by atoms with van der Waals surface area (Å²) in [5, 5.41) is 5.95. The Labute approximate surface area is 121 Å². The van der Waals surface area contributed by atoms with E-state index in [-0.39, 0.29) is 10.8 Å². The maximum Gasteiger partial charge on any atom is 0.175 e. The van der Waals surface area contributed by atoms with Crippen molar-refractivity contribution in [1.82, 2.24) is 0 Å². The van der Waals surface area contributed by atoms with Gasteiger partial charge in [0, 0.05) is 11.8 Å². The maximum atomic E-state index is 13.5. The fourth-order valence-corrected chi connectivity index (χ4v) is 2.04. The van der Waals surface area contributed by atoms with Crippen molar-refractivity contribution < 1.29 is 8.78 Å². The summed E-state index contributed by atoms with van der Waals surface area (Å²) in [5.74, 6) is -1.31. The molecule has 2 rings (SSSR count). The van der Waals surface area contributed by atoms with Gasteiger partial charge in [-0.3, -0.25) is 0 Å². The quantitative estimate of drug-likeness (QED) is 0.803. The highest BCUT2D eigenvalue weighted by Crippen LogP contribution is 2.18. The molecule has 0 aromatic heterocycles. The van der Waals surface area contributed by atoms with Gasteiger partial charge in [-0.15, -0.1) is 0 Å². The summed E-state index contributed by atoms with van der Waals surface area (Å²) in [6.45, 7) is 3.96. The van der Waals surface area contributed by atoms with Gasteiger partial charge in [0.25, 0.3) is 0 Å². The third kappa shape index (κ3) is 3.51. The topological polar surface area (TPSA) is 24.1 Å². The monoisotopic (exact) mass is 292 g/mol. The van der Waals surface area contributed by atoms with E-state index in [1.165, 1.54) is 12.1 Å². The number of hydrogen-bond acceptors (Lipinski definition) is 1. The van der Waals surface area contributed by atoms with Gasteiger partial charge >= 0.3 is 0 Å². The van der Waals surface area contributed by atoms with Gasteiger partial charge in [-0.1, -0.05) is 17.7 Å². The summed E-state index contributed by atoms with van der Waals surface area (Å²) >= 11 is 5.12. The first-order valence-electron chi connectivity index (χ1n) is 6.06. The van der Waals surface area contributed by atoms with E-state index in [4.69, 9.17) is 12.2 Å². The van der Waals surface area contributed by atoms with Crippen molar-refractivity contribution >= 4 is 28.7 Å². The van der Waals surface area contributed by atoms with Crippen molar-refractivity contribution in [1.29, 1.82) is 0 Å². The molecule has 5 heteroatoms. The molecule has 0 heterocycles. The van der Waals surface area contributed by atoms with Crippen LogP contribution in [0, 0.1) is 25.5 Å². The van der Waals surface area contributed by atoms with Crippen LogP contribution in [0.15, 0.2) is 36.4 Å². The second kappa shape index (κ2) is 5.96. The average molecular weight is 292 g/mol. The molecule has 0 saturated carbocycles. The highest BCUT2D eigenvalue weighted by Gasteiger charge is 2.06. The number of benzene rings is 2. The summed E-state index contributed by atoms with van der Waals surface area (Å²) < 4.78 is 26.3. The van der Waals surface area contributed by atoms with Crippen LogP contribution in [-0.4, -0.2) is 5.11 Å². The molecule has 0 amide bonds. The molecule has 0 aliphatic heterocycles. The van der Waals surface area contributed by atoms with E-state index in [1.807, 2.05) is 32.0 Å². The zero-order chi connectivity index (χ0) is 14.7. The van der Waals surface area contributed by atoms with Gasteiger partial charge in [0.2, 0.25) is 0 Å². The first-order valence-corrected chi connectivity index (χ1v) is 6.47. The lowest BCUT2D eigenvalue weighted by molar-refractivity contribution is 0.586. The SMILES string of the molecule is Cc1ccc(NC(=S)Nc2ccc(F)cc2F)c(C)c1. The molecule has 2 N–H and O–H groups in total. The molecule has 0 bridgehead atoms. The molecular weight excluding hydrogens is 278 g/mol. The van der Waals surface area contributed by atoms with Crippen LogP contribution in [0.5, 0.6) is 0 Å². The number of hydrogen-bond donors (Lipinski definition) is 2. The van der Waals surface area contributed by atoms with Gasteiger partial charge in [-0.25, -0.2) is 8.78 Å². The van der Waals surface area contributed by atoms with E-state index >= 15 is 0 Å². The third-order valence-corrected chi connectivity index (χ3v) is 3.01. The van der Waals surface area contributed by atoms with Crippen LogP contribution in [0.2, 0.25) is 0 Å². The number of nitrogens with one attached hydrogen (secondary N) is 2. The Morgan fingerprint density at radius 1 is 0.950 bits per heavy atom. The molecule has 0 fully saturated rings. The predicted molar refractivity (Wildman–Crippen MR) is 82.1 cm³/mol. The van der Waals surface area contributed by atoms with Gasteiger partial charge in [-0.05, 0) is 49.8 Å². The molecule has 0 atom stereocenters. The number of anilines is 2. The van der Waals surface area contributed by atoms with Gasteiger partial charge in [-0.2, -0.15) is 0 Å². The molecule has 0 saturated heterocycles. The third-order valence-electron chi connectivity index (χ3n) is 2.81. The Morgan fingerprint density at radius 2 is 1.60 bits per heavy atom. The van der Waals surface area contributed by atoms with Gasteiger partial charge in [0.15, 0.2) is 5.11 Å². The molecule has 2 aromatic rings. The summed E-state index contributed by atoms with van der Waals surface area (Å²) in [6, 6.07) is 9.16. The van der Waals surface area contributed by atoms with Crippen LogP contribution in [0.4, 0.5) is 20.2 Å². The van der Waals surface area contributed by atoms with Gasteiger partial charge < -0.3 is 10.6 Å². The lowest BCUT2D eigenvalue weighted by Crippen LogP contribution is -2.20. The van der Waals surface area contributed by atoms with E-state index < -0.39 is 11.6 Å². The molecule has 0 aliphatic carbocycles. The smallest absolute Gasteiger partial charge is 0.175 e. The van der Waals surface area contributed by atoms with Gasteiger partial charge in [0.1, 0.15) is 11.6 Å². The van der Waals surface area contributed by atoms with Crippen molar-refractivity contribution in [3.8, 4) is 0 Å². The lowest BCUT2D eigenvalue weighted by atomic mass is 10.1. The molecule has 104 valence electrons. The highest BCUT2D eigenvalue weighted by molar-refractivity contribution is 7.80. The van der Waals surface area contributed by atoms with Crippen molar-refractivity contribution in [2.75, 3.05) is 10.6 Å². The van der Waals surface area contributed by atoms with Crippen molar-refractivity contribution in [2.24, 2.45) is 0 Å². The number of aryl methyl sites for hydroxylation is 2. The molecule has 2 nitrogen and oxygen atoms in total. The van der Waals surface area contributed by atoms with Crippen molar-refractivity contribution in [3.05, 3.63) is 59.2 Å². The molecule has 0 spiro atoms. The zero-order valence-electron chi connectivity index (χ0n) is 11.1. The Morgan fingerprint density at radius 3 is 2.25 bits per heavy atom. The summed E-state index contributed by atoms with van der Waals surface area (Å²) in [5.41, 5.74) is 3.16. The largest absolute Gasteiger partial charge is 0.332 e. The first-order chi connectivity index (χ1) is 9.45. The normalized spacial score (nSPS) is 10.2. The molecule has 20 heavy (non-hydrogen) atoms.